The molecule has 1 aromatic heterocycles. The van der Waals surface area contributed by atoms with Gasteiger partial charge in [0, 0.05) is 58.0 Å². The van der Waals surface area contributed by atoms with Gasteiger partial charge in [0.2, 0.25) is 5.91 Å². The van der Waals surface area contributed by atoms with Crippen molar-refractivity contribution in [2.75, 3.05) is 39.4 Å². The molecule has 2 rings (SSSR count). The Morgan fingerprint density at radius 3 is 2.89 bits per heavy atom. The van der Waals surface area contributed by atoms with Crippen LogP contribution >= 0.6 is 0 Å². The van der Waals surface area contributed by atoms with Crippen molar-refractivity contribution < 1.29 is 9.53 Å². The first-order chi connectivity index (χ1) is 9.27. The van der Waals surface area contributed by atoms with E-state index in [2.05, 4.69) is 10.4 Å². The van der Waals surface area contributed by atoms with Crippen LogP contribution in [0.4, 0.5) is 0 Å². The van der Waals surface area contributed by atoms with Gasteiger partial charge in [0.25, 0.3) is 0 Å². The second kappa shape index (κ2) is 7.25. The fourth-order valence-corrected chi connectivity index (χ4v) is 2.15. The molecule has 6 heteroatoms. The molecule has 0 bridgehead atoms. The Labute approximate surface area is 113 Å². The summed E-state index contributed by atoms with van der Waals surface area (Å²) in [5.74, 6) is 0.219. The van der Waals surface area contributed by atoms with E-state index in [9.17, 15) is 4.79 Å². The fraction of sp³-hybridized carbons (Fsp3) is 0.692. The lowest BCUT2D eigenvalue weighted by molar-refractivity contribution is -0.135. The van der Waals surface area contributed by atoms with Gasteiger partial charge in [-0.1, -0.05) is 0 Å². The van der Waals surface area contributed by atoms with Crippen LogP contribution in [0.15, 0.2) is 12.3 Å². The van der Waals surface area contributed by atoms with E-state index in [0.717, 1.165) is 32.6 Å². The average molecular weight is 266 g/mol. The summed E-state index contributed by atoms with van der Waals surface area (Å²) in [6.07, 6.45) is 3.30. The molecule has 0 spiro atoms. The van der Waals surface area contributed by atoms with Crippen LogP contribution in [0.5, 0.6) is 0 Å². The van der Waals surface area contributed by atoms with Crippen LogP contribution in [-0.4, -0.2) is 60.0 Å². The Balaban J connectivity index is 1.56. The zero-order valence-electron chi connectivity index (χ0n) is 11.5. The molecule has 1 aliphatic heterocycles. The minimum absolute atomic E-state index is 0.219. The number of hydrogen-bond acceptors (Lipinski definition) is 4. The molecule has 1 fully saturated rings. The van der Waals surface area contributed by atoms with Crippen LogP contribution in [0, 0.1) is 0 Å². The summed E-state index contributed by atoms with van der Waals surface area (Å²) in [5.41, 5.74) is 1.20. The SMILES string of the molecule is Cn1nccc1CCNCCC(=O)N1CCOCC1. The van der Waals surface area contributed by atoms with Gasteiger partial charge in [-0.3, -0.25) is 9.48 Å². The van der Waals surface area contributed by atoms with E-state index in [1.165, 1.54) is 5.69 Å². The average Bonchev–Trinajstić information content (AvgIpc) is 2.85. The van der Waals surface area contributed by atoms with Crippen molar-refractivity contribution in [2.45, 2.75) is 12.8 Å². The number of nitrogens with one attached hydrogen (secondary N) is 1. The number of amides is 1. The molecule has 19 heavy (non-hydrogen) atoms. The van der Waals surface area contributed by atoms with Gasteiger partial charge in [0.1, 0.15) is 0 Å². The quantitative estimate of drug-likeness (QED) is 0.725. The van der Waals surface area contributed by atoms with Gasteiger partial charge in [0.05, 0.1) is 13.2 Å². The Hall–Kier alpha value is -1.40. The summed E-state index contributed by atoms with van der Waals surface area (Å²) >= 11 is 0. The van der Waals surface area contributed by atoms with Gasteiger partial charge in [-0.05, 0) is 6.07 Å². The Morgan fingerprint density at radius 1 is 1.42 bits per heavy atom. The van der Waals surface area contributed by atoms with Crippen molar-refractivity contribution in [3.8, 4) is 0 Å². The van der Waals surface area contributed by atoms with E-state index in [-0.39, 0.29) is 5.91 Å². The molecule has 0 saturated carbocycles. The largest absolute Gasteiger partial charge is 0.378 e. The molecule has 0 unspecified atom stereocenters. The Kier molecular flexibility index (Phi) is 5.35. The number of nitrogens with zero attached hydrogens (tertiary/aromatic N) is 3. The lowest BCUT2D eigenvalue weighted by Gasteiger charge is -2.26. The third-order valence-corrected chi connectivity index (χ3v) is 3.36. The molecule has 1 amide bonds. The number of aromatic nitrogens is 2. The minimum Gasteiger partial charge on any atom is -0.378 e. The molecular formula is C13H22N4O2. The Morgan fingerprint density at radius 2 is 2.21 bits per heavy atom. The predicted molar refractivity (Wildman–Crippen MR) is 71.8 cm³/mol. The van der Waals surface area contributed by atoms with Crippen LogP contribution in [0.1, 0.15) is 12.1 Å². The predicted octanol–water partition coefficient (Wildman–Crippen LogP) is -0.199. The maximum atomic E-state index is 11.9. The number of carbonyl (C=O) groups excluding carboxylic acids is 1. The highest BCUT2D eigenvalue weighted by Crippen LogP contribution is 2.00. The van der Waals surface area contributed by atoms with Crippen LogP contribution in [-0.2, 0) is 23.0 Å². The topological polar surface area (TPSA) is 59.4 Å². The lowest BCUT2D eigenvalue weighted by Crippen LogP contribution is -2.41. The monoisotopic (exact) mass is 266 g/mol. The first-order valence-corrected chi connectivity index (χ1v) is 6.80. The summed E-state index contributed by atoms with van der Waals surface area (Å²) in [6.45, 7) is 4.39. The molecule has 106 valence electrons. The standard InChI is InChI=1S/C13H22N4O2/c1-16-12(3-7-15-16)2-5-14-6-4-13(18)17-8-10-19-11-9-17/h3,7,14H,2,4-6,8-11H2,1H3. The zero-order chi connectivity index (χ0) is 13.5. The number of aryl methyl sites for hydroxylation is 1. The maximum absolute atomic E-state index is 11.9. The number of carbonyl (C=O) groups is 1. The first-order valence-electron chi connectivity index (χ1n) is 6.80. The highest BCUT2D eigenvalue weighted by Gasteiger charge is 2.15. The Bertz CT molecular complexity index is 399. The number of ether oxygens (including phenoxy) is 1. The second-order valence-corrected chi connectivity index (χ2v) is 4.69. The molecule has 1 saturated heterocycles. The number of rotatable bonds is 6. The minimum atomic E-state index is 0.219. The molecule has 1 aromatic rings. The summed E-state index contributed by atoms with van der Waals surface area (Å²) in [7, 11) is 1.94. The van der Waals surface area contributed by atoms with Gasteiger partial charge >= 0.3 is 0 Å². The van der Waals surface area contributed by atoms with Gasteiger partial charge in [0.15, 0.2) is 0 Å². The highest BCUT2D eigenvalue weighted by molar-refractivity contribution is 5.76. The smallest absolute Gasteiger partial charge is 0.224 e. The van der Waals surface area contributed by atoms with E-state index in [0.29, 0.717) is 19.6 Å². The fourth-order valence-electron chi connectivity index (χ4n) is 2.15. The van der Waals surface area contributed by atoms with E-state index >= 15 is 0 Å². The molecule has 0 radical (unpaired) electrons. The van der Waals surface area contributed by atoms with E-state index in [1.807, 2.05) is 22.7 Å². The molecule has 1 N–H and O–H groups in total. The highest BCUT2D eigenvalue weighted by atomic mass is 16.5. The molecule has 2 heterocycles. The summed E-state index contributed by atoms with van der Waals surface area (Å²) < 4.78 is 7.10. The van der Waals surface area contributed by atoms with Crippen LogP contribution in [0.3, 0.4) is 0 Å². The van der Waals surface area contributed by atoms with Gasteiger partial charge in [-0.15, -0.1) is 0 Å². The first kappa shape index (κ1) is 14.0. The van der Waals surface area contributed by atoms with Crippen molar-refractivity contribution in [3.05, 3.63) is 18.0 Å². The van der Waals surface area contributed by atoms with Crippen LogP contribution in [0.25, 0.3) is 0 Å². The van der Waals surface area contributed by atoms with E-state index in [1.54, 1.807) is 6.20 Å². The third-order valence-electron chi connectivity index (χ3n) is 3.36. The van der Waals surface area contributed by atoms with Crippen LogP contribution in [0.2, 0.25) is 0 Å². The molecular weight excluding hydrogens is 244 g/mol. The molecule has 0 aliphatic carbocycles. The lowest BCUT2D eigenvalue weighted by atomic mass is 10.3. The maximum Gasteiger partial charge on any atom is 0.224 e. The van der Waals surface area contributed by atoms with Crippen molar-refractivity contribution in [2.24, 2.45) is 7.05 Å². The van der Waals surface area contributed by atoms with Crippen molar-refractivity contribution in [1.29, 1.82) is 0 Å². The number of hydrogen-bond donors (Lipinski definition) is 1. The zero-order valence-corrected chi connectivity index (χ0v) is 11.5. The third kappa shape index (κ3) is 4.33. The summed E-state index contributed by atoms with van der Waals surface area (Å²) in [5, 5.41) is 7.42. The number of morpholine rings is 1. The van der Waals surface area contributed by atoms with Crippen molar-refractivity contribution in [3.63, 3.8) is 0 Å². The van der Waals surface area contributed by atoms with Gasteiger partial charge in [-0.25, -0.2) is 0 Å². The van der Waals surface area contributed by atoms with Crippen molar-refractivity contribution in [1.82, 2.24) is 20.0 Å². The molecule has 1 aliphatic rings. The van der Waals surface area contributed by atoms with Crippen molar-refractivity contribution >= 4 is 5.91 Å². The van der Waals surface area contributed by atoms with Gasteiger partial charge < -0.3 is 15.0 Å². The van der Waals surface area contributed by atoms with E-state index in [4.69, 9.17) is 4.74 Å². The van der Waals surface area contributed by atoms with E-state index < -0.39 is 0 Å². The van der Waals surface area contributed by atoms with Crippen LogP contribution < -0.4 is 5.32 Å². The normalized spacial score (nSPS) is 15.7. The molecule has 0 atom stereocenters. The molecule has 0 aromatic carbocycles. The summed E-state index contributed by atoms with van der Waals surface area (Å²) in [4.78, 5) is 13.7. The summed E-state index contributed by atoms with van der Waals surface area (Å²) in [6, 6.07) is 2.01. The molecule has 6 nitrogen and oxygen atoms in total. The second-order valence-electron chi connectivity index (χ2n) is 4.69. The van der Waals surface area contributed by atoms with Gasteiger partial charge in [-0.2, -0.15) is 5.10 Å².